The van der Waals surface area contributed by atoms with Crippen LogP contribution in [0, 0.1) is 28.6 Å². The highest BCUT2D eigenvalue weighted by Crippen LogP contribution is 2.67. The van der Waals surface area contributed by atoms with Gasteiger partial charge in [0.1, 0.15) is 0 Å². The lowest BCUT2D eigenvalue weighted by Crippen LogP contribution is -2.59. The van der Waals surface area contributed by atoms with Crippen molar-refractivity contribution in [3.8, 4) is 0 Å². The number of carbonyl (C=O) groups is 1. The fraction of sp³-hybridized carbons (Fsp3) is 0.938. The lowest BCUT2D eigenvalue weighted by atomic mass is 9.42. The fourth-order valence-electron chi connectivity index (χ4n) is 6.53. The summed E-state index contributed by atoms with van der Waals surface area (Å²) in [6.45, 7) is 1.49. The van der Waals surface area contributed by atoms with Gasteiger partial charge in [0.25, 0.3) is 0 Å². The second kappa shape index (κ2) is 3.75. The van der Waals surface area contributed by atoms with Crippen LogP contribution in [-0.4, -0.2) is 30.9 Å². The molecule has 5 aliphatic rings. The van der Waals surface area contributed by atoms with Crippen LogP contribution in [0.25, 0.3) is 0 Å². The highest BCUT2D eigenvalue weighted by molar-refractivity contribution is 5.86. The van der Waals surface area contributed by atoms with Crippen molar-refractivity contribution in [1.82, 2.24) is 4.90 Å². The fourth-order valence-corrected chi connectivity index (χ4v) is 6.53. The van der Waals surface area contributed by atoms with Gasteiger partial charge in [-0.3, -0.25) is 4.79 Å². The van der Waals surface area contributed by atoms with Crippen LogP contribution in [0.15, 0.2) is 0 Å². The van der Waals surface area contributed by atoms with E-state index in [2.05, 4.69) is 0 Å². The number of amides is 1. The summed E-state index contributed by atoms with van der Waals surface area (Å²) in [5.74, 6) is 3.05. The normalized spacial score (nSPS) is 52.2. The van der Waals surface area contributed by atoms with Crippen molar-refractivity contribution < 1.29 is 4.79 Å². The molecule has 3 heteroatoms. The van der Waals surface area contributed by atoms with Crippen LogP contribution in [-0.2, 0) is 4.79 Å². The summed E-state index contributed by atoms with van der Waals surface area (Å²) < 4.78 is 0. The highest BCUT2D eigenvalue weighted by Gasteiger charge is 2.64. The van der Waals surface area contributed by atoms with Crippen molar-refractivity contribution in [1.29, 1.82) is 0 Å². The number of nitrogens with two attached hydrogens (primary N) is 1. The molecule has 0 radical (unpaired) electrons. The Morgan fingerprint density at radius 1 is 1.16 bits per heavy atom. The lowest BCUT2D eigenvalue weighted by Gasteiger charge is -2.62. The van der Waals surface area contributed by atoms with E-state index in [-0.39, 0.29) is 10.8 Å². The smallest absolute Gasteiger partial charge is 0.230 e. The van der Waals surface area contributed by atoms with E-state index < -0.39 is 0 Å². The number of rotatable bonds is 2. The second-order valence-electron chi connectivity index (χ2n) is 7.96. The van der Waals surface area contributed by atoms with Crippen molar-refractivity contribution >= 4 is 5.91 Å². The Bertz CT molecular complexity index is 384. The maximum atomic E-state index is 12.8. The summed E-state index contributed by atoms with van der Waals surface area (Å²) in [4.78, 5) is 14.8. The number of nitrogens with zero attached hydrogens (tertiary/aromatic N) is 1. The van der Waals surface area contributed by atoms with Gasteiger partial charge >= 0.3 is 0 Å². The Morgan fingerprint density at radius 3 is 2.05 bits per heavy atom. The minimum atomic E-state index is -0.211. The van der Waals surface area contributed by atoms with Crippen LogP contribution in [0.3, 0.4) is 0 Å². The molecule has 0 aromatic carbocycles. The molecular formula is C16H26N2O. The average molecular weight is 262 g/mol. The molecular weight excluding hydrogens is 236 g/mol. The molecule has 4 aliphatic carbocycles. The van der Waals surface area contributed by atoms with Crippen molar-refractivity contribution in [3.63, 3.8) is 0 Å². The van der Waals surface area contributed by atoms with Crippen LogP contribution in [0.5, 0.6) is 0 Å². The molecule has 1 atom stereocenters. The molecule has 4 bridgehead atoms. The third-order valence-electron chi connectivity index (χ3n) is 7.03. The Morgan fingerprint density at radius 2 is 1.68 bits per heavy atom. The first-order valence-corrected chi connectivity index (χ1v) is 8.04. The van der Waals surface area contributed by atoms with E-state index >= 15 is 0 Å². The van der Waals surface area contributed by atoms with Gasteiger partial charge in [0.2, 0.25) is 5.91 Å². The Hall–Kier alpha value is -0.570. The molecule has 1 aliphatic heterocycles. The molecule has 5 rings (SSSR count). The van der Waals surface area contributed by atoms with E-state index in [1.54, 1.807) is 0 Å². The summed E-state index contributed by atoms with van der Waals surface area (Å²) in [7, 11) is 1.96. The van der Waals surface area contributed by atoms with Gasteiger partial charge in [0.15, 0.2) is 0 Å². The minimum absolute atomic E-state index is 0.211. The van der Waals surface area contributed by atoms with E-state index in [4.69, 9.17) is 5.73 Å². The molecule has 3 nitrogen and oxygen atoms in total. The average Bonchev–Trinajstić information content (AvgIpc) is 2.66. The first kappa shape index (κ1) is 12.2. The van der Waals surface area contributed by atoms with E-state index in [0.29, 0.717) is 12.5 Å². The van der Waals surface area contributed by atoms with E-state index in [9.17, 15) is 4.79 Å². The largest absolute Gasteiger partial charge is 0.345 e. The number of hydrogen-bond acceptors (Lipinski definition) is 2. The SMILES string of the molecule is CN1CCC(CN)(C23CC4CC(CC(C4)C2)C3)C1=O. The first-order chi connectivity index (χ1) is 9.08. The van der Waals surface area contributed by atoms with Crippen LogP contribution in [0.1, 0.15) is 44.9 Å². The van der Waals surface area contributed by atoms with Gasteiger partial charge in [-0.25, -0.2) is 0 Å². The van der Waals surface area contributed by atoms with Crippen molar-refractivity contribution in [2.24, 2.45) is 34.3 Å². The summed E-state index contributed by atoms with van der Waals surface area (Å²) in [5.41, 5.74) is 6.25. The molecule has 1 amide bonds. The van der Waals surface area contributed by atoms with Crippen LogP contribution in [0.2, 0.25) is 0 Å². The second-order valence-corrected chi connectivity index (χ2v) is 7.96. The minimum Gasteiger partial charge on any atom is -0.345 e. The predicted molar refractivity (Wildman–Crippen MR) is 74.3 cm³/mol. The van der Waals surface area contributed by atoms with Crippen molar-refractivity contribution in [3.05, 3.63) is 0 Å². The molecule has 2 N–H and O–H groups in total. The summed E-state index contributed by atoms with van der Waals surface area (Å²) in [6, 6.07) is 0. The standard InChI is InChI=1S/C16H26N2O/c1-18-3-2-16(10-17,14(18)19)15-7-11-4-12(8-15)6-13(5-11)9-15/h11-13H,2-10,17H2,1H3. The molecule has 0 spiro atoms. The Balaban J connectivity index is 1.76. The van der Waals surface area contributed by atoms with Crippen molar-refractivity contribution in [2.45, 2.75) is 44.9 Å². The monoisotopic (exact) mass is 262 g/mol. The van der Waals surface area contributed by atoms with Crippen molar-refractivity contribution in [2.75, 3.05) is 20.1 Å². The highest BCUT2D eigenvalue weighted by atomic mass is 16.2. The zero-order valence-corrected chi connectivity index (χ0v) is 12.0. The van der Waals surface area contributed by atoms with Crippen LogP contribution in [0.4, 0.5) is 0 Å². The van der Waals surface area contributed by atoms with E-state index in [0.717, 1.165) is 30.7 Å². The molecule has 5 fully saturated rings. The van der Waals surface area contributed by atoms with Crippen LogP contribution >= 0.6 is 0 Å². The van der Waals surface area contributed by atoms with Gasteiger partial charge in [-0.2, -0.15) is 0 Å². The quantitative estimate of drug-likeness (QED) is 0.827. The number of carbonyl (C=O) groups excluding carboxylic acids is 1. The maximum absolute atomic E-state index is 12.8. The summed E-state index contributed by atoms with van der Waals surface area (Å²) in [6.07, 6.45) is 9.17. The molecule has 1 unspecified atom stereocenters. The number of hydrogen-bond donors (Lipinski definition) is 1. The third kappa shape index (κ3) is 1.40. The molecule has 0 aromatic heterocycles. The molecule has 106 valence electrons. The summed E-state index contributed by atoms with van der Waals surface area (Å²) >= 11 is 0. The first-order valence-electron chi connectivity index (χ1n) is 8.04. The van der Waals surface area contributed by atoms with E-state index in [1.807, 2.05) is 11.9 Å². The number of likely N-dealkylation sites (tertiary alicyclic amines) is 1. The zero-order chi connectivity index (χ0) is 13.3. The Labute approximate surface area is 115 Å². The van der Waals surface area contributed by atoms with Gasteiger partial charge in [0, 0.05) is 20.1 Å². The Kier molecular flexibility index (Phi) is 2.41. The van der Waals surface area contributed by atoms with Gasteiger partial charge in [-0.05, 0) is 68.1 Å². The lowest BCUT2D eigenvalue weighted by molar-refractivity contribution is -0.160. The molecule has 4 saturated carbocycles. The molecule has 1 heterocycles. The van der Waals surface area contributed by atoms with Gasteiger partial charge in [-0.1, -0.05) is 0 Å². The summed E-state index contributed by atoms with van der Waals surface area (Å²) in [5, 5.41) is 0. The van der Waals surface area contributed by atoms with Gasteiger partial charge in [0.05, 0.1) is 5.41 Å². The molecule has 1 saturated heterocycles. The topological polar surface area (TPSA) is 46.3 Å². The zero-order valence-electron chi connectivity index (χ0n) is 12.0. The third-order valence-corrected chi connectivity index (χ3v) is 7.03. The molecule has 0 aromatic rings. The van der Waals surface area contributed by atoms with Gasteiger partial charge < -0.3 is 10.6 Å². The van der Waals surface area contributed by atoms with E-state index in [1.165, 1.54) is 38.5 Å². The predicted octanol–water partition coefficient (Wildman–Crippen LogP) is 2.01. The molecule has 19 heavy (non-hydrogen) atoms. The van der Waals surface area contributed by atoms with Gasteiger partial charge in [-0.15, -0.1) is 0 Å². The van der Waals surface area contributed by atoms with Crippen LogP contribution < -0.4 is 5.73 Å². The maximum Gasteiger partial charge on any atom is 0.230 e.